The van der Waals surface area contributed by atoms with E-state index in [1.54, 1.807) is 14.0 Å². The van der Waals surface area contributed by atoms with Crippen LogP contribution in [0.5, 0.6) is 0 Å². The van der Waals surface area contributed by atoms with Crippen LogP contribution in [0.25, 0.3) is 0 Å². The number of anilines is 1. The molecule has 81 heavy (non-hydrogen) atoms. The van der Waals surface area contributed by atoms with Crippen LogP contribution in [0.15, 0.2) is 106 Å². The maximum atomic E-state index is 11.6. The number of hydrogen-bond donors (Lipinski definition) is 3. The third-order valence-electron chi connectivity index (χ3n) is 12.8. The zero-order chi connectivity index (χ0) is 62.6. The normalized spacial score (nSPS) is 14.9. The summed E-state index contributed by atoms with van der Waals surface area (Å²) in [6.07, 6.45) is 28.5. The van der Waals surface area contributed by atoms with Gasteiger partial charge >= 0.3 is 51.4 Å². The predicted octanol–water partition coefficient (Wildman–Crippen LogP) is 12.5. The number of aldehydes is 2. The smallest absolute Gasteiger partial charge is 0.481 e. The largest absolute Gasteiger partial charge is 1.00 e. The van der Waals surface area contributed by atoms with Crippen LogP contribution in [0, 0.1) is 51.0 Å². The van der Waals surface area contributed by atoms with E-state index in [1.165, 1.54) is 74.4 Å². The number of hydrogen-bond acceptors (Lipinski definition) is 10. The molecule has 1 aromatic rings. The number of piperidine rings is 1. The Morgan fingerprint density at radius 3 is 1.81 bits per heavy atom. The average molecular weight is 1150 g/mol. The van der Waals surface area contributed by atoms with Gasteiger partial charge in [-0.2, -0.15) is 31.0 Å². The number of nitrogens with one attached hydrogen (secondary N) is 2. The maximum Gasteiger partial charge on any atom is 1.00 e. The molecule has 4 N–H and O–H groups in total. The monoisotopic (exact) mass is 1150 g/mol. The van der Waals surface area contributed by atoms with Gasteiger partial charge in [0.2, 0.25) is 6.41 Å². The number of aryl methyl sites for hydroxylation is 1. The van der Waals surface area contributed by atoms with Gasteiger partial charge in [0.25, 0.3) is 0 Å². The molecule has 2 atom stereocenters. The van der Waals surface area contributed by atoms with Gasteiger partial charge in [-0.1, -0.05) is 150 Å². The SMILES string of the molecule is C=C(/C=C(\C)C(C)N1CCC(C2=CC=C(C(C)=O)CC2)CC1)C(/C=C\NC)=C1\C=CC(N)=NC1.CC.CC.CC.CC=O.CCCC(C)C=O.CNC=O.[CH2-]CN([CH-]C(C)C)CC(CCC)CCC.[CH2-]c1ccc(C)c(N(C)C)c1.[K+]. The number of nitrogens with zero attached hydrogens (tertiary/aromatic N) is 4. The third-order valence-corrected chi connectivity index (χ3v) is 12.8. The molecule has 1 aliphatic carbocycles. The van der Waals surface area contributed by atoms with Crippen molar-refractivity contribution >= 4 is 36.3 Å². The Balaban J connectivity index is -0.000000247. The fraction of sp³-hybridized carbons (Fsp3) is 0.594. The van der Waals surface area contributed by atoms with Crippen LogP contribution in [-0.4, -0.2) is 107 Å². The van der Waals surface area contributed by atoms with Crippen LogP contribution in [-0.2, 0) is 19.2 Å². The minimum absolute atomic E-state index is 0. The van der Waals surface area contributed by atoms with Crippen LogP contribution in [0.2, 0.25) is 0 Å². The van der Waals surface area contributed by atoms with Crippen molar-refractivity contribution in [2.45, 2.75) is 188 Å². The Hall–Kier alpha value is -3.62. The van der Waals surface area contributed by atoms with Crippen molar-refractivity contribution in [1.82, 2.24) is 20.4 Å². The first kappa shape index (κ1) is 88.6. The molecule has 2 aliphatic heterocycles. The van der Waals surface area contributed by atoms with Gasteiger partial charge in [-0.3, -0.25) is 26.0 Å². The topological polar surface area (TPSA) is 140 Å². The molecule has 2 unspecified atom stereocenters. The Labute approximate surface area is 543 Å². The van der Waals surface area contributed by atoms with Gasteiger partial charge in [0.15, 0.2) is 5.78 Å². The summed E-state index contributed by atoms with van der Waals surface area (Å²) < 4.78 is 0. The van der Waals surface area contributed by atoms with E-state index in [-0.39, 0.29) is 63.1 Å². The van der Waals surface area contributed by atoms with Crippen molar-refractivity contribution in [1.29, 1.82) is 0 Å². The molecule has 12 heteroatoms. The summed E-state index contributed by atoms with van der Waals surface area (Å²) in [6.45, 7) is 54.2. The van der Waals surface area contributed by atoms with E-state index in [4.69, 9.17) is 15.3 Å². The Kier molecular flexibility index (Phi) is 65.1. The standard InChI is InChI=1S/C29H40N4O.C14H29N.C10H14N.C6H12O.C2H5NO.C2H4O.3C2H6.K/c1-20(18-21(2)28(12-15-31-5)27-10-11-29(30)32-19-27)22(3)33-16-13-26(14-17-33)25-8-6-24(7-9-25)23(4)34;1-6-9-14(10-7-2)12-15(8-3)11-13(4)5;1-8-5-6-9(2)10(7-8)11(3)4;1-3-4-6(2)5-7;1-3-2-4;1-2-3;3*1-2;/h6,8,10-12,15,18,22,26,31H,2,7,9,13-14,16-17,19H2,1,3-5H3,(H2,30,32);11,13-14H,3,6-10,12H2,1-2,4-5H3;5-7H,1H2,2-4H3;5-6H,3-4H2,1-2H3;2H,1H3,(H,3,4);2H,1H3;3*1-2H3;/q;-2;-1;;;;;;;+1/b15-12-,20-18+,28-27+;;;;;;;;;. The molecule has 4 rings (SSSR count). The van der Waals surface area contributed by atoms with E-state index < -0.39 is 0 Å². The number of Topliss-reactive ketones (excluding diaryl/α,β-unsaturated/α-hetero) is 1. The molecule has 460 valence electrons. The van der Waals surface area contributed by atoms with Gasteiger partial charge in [0.05, 0.1) is 6.54 Å². The van der Waals surface area contributed by atoms with E-state index in [0.29, 0.717) is 36.7 Å². The van der Waals surface area contributed by atoms with Gasteiger partial charge in [0.1, 0.15) is 18.4 Å². The summed E-state index contributed by atoms with van der Waals surface area (Å²) in [7, 11) is 7.54. The summed E-state index contributed by atoms with van der Waals surface area (Å²) in [5, 5.41) is 5.32. The Morgan fingerprint density at radius 1 is 0.901 bits per heavy atom. The first-order chi connectivity index (χ1) is 38.2. The second-order valence-electron chi connectivity index (χ2n) is 19.9. The first-order valence-corrected chi connectivity index (χ1v) is 30.2. The zero-order valence-corrected chi connectivity index (χ0v) is 59.3. The van der Waals surface area contributed by atoms with Crippen molar-refractivity contribution in [3.05, 3.63) is 132 Å². The molecular formula is C69H122KN7O4-2. The minimum atomic E-state index is 0. The molecule has 1 saturated heterocycles. The van der Waals surface area contributed by atoms with E-state index >= 15 is 0 Å². The molecule has 0 aromatic heterocycles. The molecule has 1 aromatic carbocycles. The molecule has 2 heterocycles. The van der Waals surface area contributed by atoms with E-state index in [2.05, 4.69) is 143 Å². The molecule has 0 radical (unpaired) electrons. The number of benzene rings is 1. The molecule has 1 amide bonds. The van der Waals surface area contributed by atoms with E-state index in [9.17, 15) is 9.59 Å². The summed E-state index contributed by atoms with van der Waals surface area (Å²) >= 11 is 0. The number of carbonyl (C=O) groups excluding carboxylic acids is 4. The average Bonchev–Trinajstić information content (AvgIpc) is 3.46. The molecule has 3 aliphatic rings. The molecule has 0 bridgehead atoms. The van der Waals surface area contributed by atoms with E-state index in [1.807, 2.05) is 100 Å². The summed E-state index contributed by atoms with van der Waals surface area (Å²) in [5.74, 6) is 3.17. The number of likely N-dealkylation sites (tertiary alicyclic amines) is 1. The number of allylic oxidation sites excluding steroid dienone is 8. The quantitative estimate of drug-likeness (QED) is 0.0448. The molecule has 1 fully saturated rings. The fourth-order valence-corrected chi connectivity index (χ4v) is 8.72. The Morgan fingerprint density at radius 2 is 1.44 bits per heavy atom. The number of rotatable bonds is 22. The van der Waals surface area contributed by atoms with Crippen LogP contribution >= 0.6 is 0 Å². The van der Waals surface area contributed by atoms with E-state index in [0.717, 1.165) is 91.7 Å². The number of dihydropyridines is 1. The van der Waals surface area contributed by atoms with Gasteiger partial charge in [-0.05, 0) is 157 Å². The van der Waals surface area contributed by atoms with Gasteiger partial charge < -0.3 is 42.7 Å². The van der Waals surface area contributed by atoms with Gasteiger partial charge in [-0.25, -0.2) is 0 Å². The number of amidine groups is 1. The number of nitrogens with two attached hydrogens (primary N) is 1. The van der Waals surface area contributed by atoms with Crippen molar-refractivity contribution in [2.75, 3.05) is 65.8 Å². The second kappa shape index (κ2) is 59.5. The fourth-order valence-electron chi connectivity index (χ4n) is 8.72. The number of carbonyl (C=O) groups is 4. The number of ketones is 1. The maximum absolute atomic E-state index is 11.6. The van der Waals surface area contributed by atoms with Gasteiger partial charge in [0, 0.05) is 40.2 Å². The van der Waals surface area contributed by atoms with Crippen LogP contribution in [0.3, 0.4) is 0 Å². The van der Waals surface area contributed by atoms with Crippen LogP contribution in [0.1, 0.15) is 186 Å². The van der Waals surface area contributed by atoms with Crippen molar-refractivity contribution in [3.8, 4) is 0 Å². The number of amides is 1. The Bertz CT molecular complexity index is 1980. The first-order valence-electron chi connectivity index (χ1n) is 30.2. The van der Waals surface area contributed by atoms with Crippen molar-refractivity contribution < 1.29 is 70.6 Å². The second-order valence-corrected chi connectivity index (χ2v) is 19.9. The predicted molar refractivity (Wildman–Crippen MR) is 354 cm³/mol. The van der Waals surface area contributed by atoms with Crippen molar-refractivity contribution in [2.24, 2.45) is 34.4 Å². The third kappa shape index (κ3) is 44.6. The molecule has 0 saturated carbocycles. The molecular weight excluding hydrogens is 1030 g/mol. The van der Waals surface area contributed by atoms with Crippen LogP contribution in [0.4, 0.5) is 5.69 Å². The van der Waals surface area contributed by atoms with Crippen molar-refractivity contribution in [3.63, 3.8) is 0 Å². The number of aliphatic imine (C=N–C) groups is 1. The summed E-state index contributed by atoms with van der Waals surface area (Å²) in [5.41, 5.74) is 16.4. The minimum Gasteiger partial charge on any atom is -0.481 e. The molecule has 0 spiro atoms. The van der Waals surface area contributed by atoms with Crippen LogP contribution < -0.4 is 72.7 Å². The molecule has 11 nitrogen and oxygen atoms in total. The summed E-state index contributed by atoms with van der Waals surface area (Å²) in [4.78, 5) is 50.8. The summed E-state index contributed by atoms with van der Waals surface area (Å²) in [6, 6.07) is 6.58. The zero-order valence-electron chi connectivity index (χ0n) is 56.2. The van der Waals surface area contributed by atoms with Gasteiger partial charge in [-0.15, -0.1) is 12.1 Å².